The molecule has 0 radical (unpaired) electrons. The van der Waals surface area contributed by atoms with E-state index in [1.807, 2.05) is 6.07 Å². The van der Waals surface area contributed by atoms with E-state index in [9.17, 15) is 4.39 Å². The van der Waals surface area contributed by atoms with Crippen molar-refractivity contribution in [3.05, 3.63) is 34.1 Å². The van der Waals surface area contributed by atoms with E-state index in [4.69, 9.17) is 5.73 Å². The number of nitrogens with zero attached hydrogens (tertiary/aromatic N) is 1. The second-order valence-electron chi connectivity index (χ2n) is 4.03. The lowest BCUT2D eigenvalue weighted by Gasteiger charge is -2.15. The van der Waals surface area contributed by atoms with Crippen LogP contribution in [0.4, 0.5) is 4.39 Å². The molecular weight excluding hydrogens is 294 g/mol. The Morgan fingerprint density at radius 3 is 2.81 bits per heavy atom. The zero-order valence-corrected chi connectivity index (χ0v) is 11.2. The number of likely N-dealkylation sites (tertiary alicyclic amines) is 1. The molecule has 1 aromatic carbocycles. The minimum atomic E-state index is -0.198. The van der Waals surface area contributed by atoms with Gasteiger partial charge in [0.05, 0.1) is 4.47 Å². The van der Waals surface area contributed by atoms with Crippen molar-refractivity contribution >= 4 is 28.3 Å². The van der Waals surface area contributed by atoms with Gasteiger partial charge in [-0.05, 0) is 40.0 Å². The van der Waals surface area contributed by atoms with E-state index in [2.05, 4.69) is 20.8 Å². The first-order valence-electron chi connectivity index (χ1n) is 5.07. The summed E-state index contributed by atoms with van der Waals surface area (Å²) in [7, 11) is 0. The van der Waals surface area contributed by atoms with Gasteiger partial charge in [0.25, 0.3) is 0 Å². The van der Waals surface area contributed by atoms with Gasteiger partial charge in [-0.25, -0.2) is 4.39 Å². The predicted molar refractivity (Wildman–Crippen MR) is 69.2 cm³/mol. The quantitative estimate of drug-likeness (QED) is 0.910. The van der Waals surface area contributed by atoms with Gasteiger partial charge in [0, 0.05) is 25.7 Å². The molecule has 2 nitrogen and oxygen atoms in total. The van der Waals surface area contributed by atoms with Gasteiger partial charge >= 0.3 is 0 Å². The Labute approximate surface area is 110 Å². The number of benzene rings is 1. The highest BCUT2D eigenvalue weighted by Crippen LogP contribution is 2.18. The van der Waals surface area contributed by atoms with Crippen LogP contribution in [-0.2, 0) is 6.54 Å². The van der Waals surface area contributed by atoms with E-state index < -0.39 is 0 Å². The average Bonchev–Trinajstić information content (AvgIpc) is 2.58. The predicted octanol–water partition coefficient (Wildman–Crippen LogP) is 2.54. The highest BCUT2D eigenvalue weighted by atomic mass is 79.9. The van der Waals surface area contributed by atoms with Gasteiger partial charge in [-0.3, -0.25) is 4.90 Å². The van der Waals surface area contributed by atoms with Crippen molar-refractivity contribution in [2.45, 2.75) is 19.0 Å². The summed E-state index contributed by atoms with van der Waals surface area (Å²) in [6, 6.07) is 5.55. The fourth-order valence-corrected chi connectivity index (χ4v) is 2.15. The molecule has 1 fully saturated rings. The fraction of sp³-hybridized carbons (Fsp3) is 0.455. The number of hydrogen-bond donors (Lipinski definition) is 1. The number of rotatable bonds is 2. The van der Waals surface area contributed by atoms with Crippen molar-refractivity contribution in [1.82, 2.24) is 4.90 Å². The minimum Gasteiger partial charge on any atom is -0.326 e. The molecule has 0 spiro atoms. The van der Waals surface area contributed by atoms with Crippen molar-refractivity contribution in [1.29, 1.82) is 0 Å². The van der Waals surface area contributed by atoms with Crippen molar-refractivity contribution in [2.24, 2.45) is 5.73 Å². The molecule has 1 saturated heterocycles. The second kappa shape index (κ2) is 5.96. The topological polar surface area (TPSA) is 29.3 Å². The Morgan fingerprint density at radius 2 is 2.25 bits per heavy atom. The summed E-state index contributed by atoms with van der Waals surface area (Å²) in [5, 5.41) is 0. The number of nitrogens with two attached hydrogens (primary N) is 1. The van der Waals surface area contributed by atoms with E-state index in [1.54, 1.807) is 12.1 Å². The molecule has 90 valence electrons. The second-order valence-corrected chi connectivity index (χ2v) is 4.89. The molecular formula is C11H15BrClFN2. The van der Waals surface area contributed by atoms with Crippen LogP contribution in [0.2, 0.25) is 0 Å². The van der Waals surface area contributed by atoms with Crippen molar-refractivity contribution < 1.29 is 4.39 Å². The molecule has 1 atom stereocenters. The number of hydrogen-bond acceptors (Lipinski definition) is 2. The van der Waals surface area contributed by atoms with Crippen LogP contribution in [0.1, 0.15) is 12.0 Å². The van der Waals surface area contributed by atoms with Gasteiger partial charge in [0.2, 0.25) is 0 Å². The van der Waals surface area contributed by atoms with Crippen molar-refractivity contribution in [3.8, 4) is 0 Å². The first-order valence-corrected chi connectivity index (χ1v) is 5.86. The Hall–Kier alpha value is -0.160. The highest BCUT2D eigenvalue weighted by molar-refractivity contribution is 9.10. The molecule has 2 rings (SSSR count). The average molecular weight is 310 g/mol. The standard InChI is InChI=1S/C11H14BrFN2.ClH/c12-10-2-1-8(5-11(10)13)6-15-4-3-9(14)7-15;/h1-2,5,9H,3-4,6-7,14H2;1H/t9-;/m0./s1. The summed E-state index contributed by atoms with van der Waals surface area (Å²) in [5.41, 5.74) is 6.81. The van der Waals surface area contributed by atoms with E-state index in [1.165, 1.54) is 0 Å². The molecule has 0 amide bonds. The first-order chi connectivity index (χ1) is 7.15. The van der Waals surface area contributed by atoms with Crippen LogP contribution in [-0.4, -0.2) is 24.0 Å². The van der Waals surface area contributed by atoms with Crippen LogP contribution in [0.25, 0.3) is 0 Å². The Morgan fingerprint density at radius 1 is 1.50 bits per heavy atom. The zero-order valence-electron chi connectivity index (χ0n) is 8.83. The molecule has 1 aliphatic rings. The molecule has 0 aliphatic carbocycles. The van der Waals surface area contributed by atoms with Gasteiger partial charge in [-0.2, -0.15) is 0 Å². The van der Waals surface area contributed by atoms with E-state index in [0.29, 0.717) is 4.47 Å². The monoisotopic (exact) mass is 308 g/mol. The van der Waals surface area contributed by atoms with Crippen molar-refractivity contribution in [3.63, 3.8) is 0 Å². The van der Waals surface area contributed by atoms with E-state index in [0.717, 1.165) is 31.6 Å². The maximum absolute atomic E-state index is 13.2. The third-order valence-corrected chi connectivity index (χ3v) is 3.34. The van der Waals surface area contributed by atoms with Gasteiger partial charge in [0.1, 0.15) is 5.82 Å². The van der Waals surface area contributed by atoms with Crippen LogP contribution >= 0.6 is 28.3 Å². The van der Waals surface area contributed by atoms with Gasteiger partial charge in [-0.15, -0.1) is 12.4 Å². The Kier molecular flexibility index (Phi) is 5.18. The third-order valence-electron chi connectivity index (χ3n) is 2.70. The van der Waals surface area contributed by atoms with Crippen LogP contribution in [0.5, 0.6) is 0 Å². The molecule has 0 bridgehead atoms. The smallest absolute Gasteiger partial charge is 0.137 e. The third kappa shape index (κ3) is 3.42. The molecule has 1 aromatic rings. The van der Waals surface area contributed by atoms with Crippen LogP contribution in [0.3, 0.4) is 0 Å². The van der Waals surface area contributed by atoms with Crippen LogP contribution in [0, 0.1) is 5.82 Å². The molecule has 16 heavy (non-hydrogen) atoms. The first kappa shape index (κ1) is 13.9. The Balaban J connectivity index is 0.00000128. The highest BCUT2D eigenvalue weighted by Gasteiger charge is 2.18. The lowest BCUT2D eigenvalue weighted by atomic mass is 10.2. The van der Waals surface area contributed by atoms with Crippen molar-refractivity contribution in [2.75, 3.05) is 13.1 Å². The normalized spacial score (nSPS) is 20.8. The maximum Gasteiger partial charge on any atom is 0.137 e. The summed E-state index contributed by atoms with van der Waals surface area (Å²) in [6.45, 7) is 2.72. The van der Waals surface area contributed by atoms with Gasteiger partial charge < -0.3 is 5.73 Å². The molecule has 5 heteroatoms. The summed E-state index contributed by atoms with van der Waals surface area (Å²) in [6.07, 6.45) is 1.04. The van der Waals surface area contributed by atoms with E-state index >= 15 is 0 Å². The molecule has 1 heterocycles. The SMILES string of the molecule is Cl.N[C@H]1CCN(Cc2ccc(Br)c(F)c2)C1. The fourth-order valence-electron chi connectivity index (χ4n) is 1.90. The Bertz CT molecular complexity index is 362. The van der Waals surface area contributed by atoms with E-state index in [-0.39, 0.29) is 24.3 Å². The largest absolute Gasteiger partial charge is 0.326 e. The number of halogens is 3. The summed E-state index contributed by atoms with van der Waals surface area (Å²) in [5.74, 6) is -0.198. The molecule has 2 N–H and O–H groups in total. The molecule has 0 aromatic heterocycles. The maximum atomic E-state index is 13.2. The molecule has 0 saturated carbocycles. The lowest BCUT2D eigenvalue weighted by Crippen LogP contribution is -2.26. The summed E-state index contributed by atoms with van der Waals surface area (Å²) < 4.78 is 13.8. The zero-order chi connectivity index (χ0) is 10.8. The molecule has 0 unspecified atom stereocenters. The molecule has 1 aliphatic heterocycles. The van der Waals surface area contributed by atoms with Crippen LogP contribution in [0.15, 0.2) is 22.7 Å². The van der Waals surface area contributed by atoms with Crippen LogP contribution < -0.4 is 5.73 Å². The van der Waals surface area contributed by atoms with Gasteiger partial charge in [0.15, 0.2) is 0 Å². The minimum absolute atomic E-state index is 0. The summed E-state index contributed by atoms with van der Waals surface area (Å²) in [4.78, 5) is 2.26. The summed E-state index contributed by atoms with van der Waals surface area (Å²) >= 11 is 3.14. The lowest BCUT2D eigenvalue weighted by molar-refractivity contribution is 0.326. The van der Waals surface area contributed by atoms with Gasteiger partial charge in [-0.1, -0.05) is 6.07 Å².